The standard InChI is InChI=1S/C18H31N5O2/c1-15(12-22-5-7-25-8-6-22)10-19-18(24)23-4-3-16(14-23)9-17-11-20-21(2)13-17/h11,13,15-16H,3-10,12,14H2,1-2H3,(H,19,24)/t15-,16-/m0/s1. The first-order valence-electron chi connectivity index (χ1n) is 9.40. The van der Waals surface area contributed by atoms with Gasteiger partial charge in [0.2, 0.25) is 0 Å². The lowest BCUT2D eigenvalue weighted by molar-refractivity contribution is 0.0319. The molecule has 0 saturated carbocycles. The topological polar surface area (TPSA) is 62.6 Å². The Morgan fingerprint density at radius 3 is 2.92 bits per heavy atom. The van der Waals surface area contributed by atoms with E-state index >= 15 is 0 Å². The van der Waals surface area contributed by atoms with Gasteiger partial charge in [-0.25, -0.2) is 4.79 Å². The van der Waals surface area contributed by atoms with Crippen LogP contribution in [0.25, 0.3) is 0 Å². The minimum atomic E-state index is 0.0857. The van der Waals surface area contributed by atoms with Crippen LogP contribution in [0.15, 0.2) is 12.4 Å². The minimum Gasteiger partial charge on any atom is -0.379 e. The molecule has 0 unspecified atom stereocenters. The van der Waals surface area contributed by atoms with Gasteiger partial charge in [0.25, 0.3) is 0 Å². The van der Waals surface area contributed by atoms with Gasteiger partial charge in [-0.3, -0.25) is 9.58 Å². The van der Waals surface area contributed by atoms with Crippen LogP contribution in [-0.2, 0) is 18.2 Å². The van der Waals surface area contributed by atoms with Crippen LogP contribution in [0.4, 0.5) is 4.79 Å². The number of hydrogen-bond donors (Lipinski definition) is 1. The van der Waals surface area contributed by atoms with E-state index < -0.39 is 0 Å². The van der Waals surface area contributed by atoms with Gasteiger partial charge in [-0.05, 0) is 30.2 Å². The Morgan fingerprint density at radius 2 is 2.20 bits per heavy atom. The lowest BCUT2D eigenvalue weighted by Crippen LogP contribution is -2.44. The van der Waals surface area contributed by atoms with Crippen molar-refractivity contribution in [2.75, 3.05) is 52.5 Å². The molecular formula is C18H31N5O2. The Morgan fingerprint density at radius 1 is 1.40 bits per heavy atom. The van der Waals surface area contributed by atoms with E-state index in [0.29, 0.717) is 11.8 Å². The van der Waals surface area contributed by atoms with Crippen molar-refractivity contribution >= 4 is 6.03 Å². The van der Waals surface area contributed by atoms with Crippen molar-refractivity contribution in [1.82, 2.24) is 24.9 Å². The van der Waals surface area contributed by atoms with E-state index in [4.69, 9.17) is 4.74 Å². The number of nitrogens with zero attached hydrogens (tertiary/aromatic N) is 4. The quantitative estimate of drug-likeness (QED) is 0.831. The van der Waals surface area contributed by atoms with Gasteiger partial charge >= 0.3 is 6.03 Å². The third-order valence-electron chi connectivity index (χ3n) is 5.13. The fourth-order valence-electron chi connectivity index (χ4n) is 3.76. The molecule has 3 rings (SSSR count). The van der Waals surface area contributed by atoms with E-state index in [-0.39, 0.29) is 6.03 Å². The van der Waals surface area contributed by atoms with Crippen LogP contribution in [0.5, 0.6) is 0 Å². The highest BCUT2D eigenvalue weighted by Crippen LogP contribution is 2.20. The van der Waals surface area contributed by atoms with Gasteiger partial charge in [-0.2, -0.15) is 5.10 Å². The Hall–Kier alpha value is -1.60. The molecule has 0 aromatic carbocycles. The molecule has 0 bridgehead atoms. The van der Waals surface area contributed by atoms with E-state index in [9.17, 15) is 4.79 Å². The van der Waals surface area contributed by atoms with E-state index in [2.05, 4.69) is 28.4 Å². The van der Waals surface area contributed by atoms with Crippen molar-refractivity contribution < 1.29 is 9.53 Å². The number of urea groups is 1. The zero-order valence-electron chi connectivity index (χ0n) is 15.5. The van der Waals surface area contributed by atoms with Gasteiger partial charge in [0.05, 0.1) is 19.4 Å². The van der Waals surface area contributed by atoms with Gasteiger partial charge in [-0.1, -0.05) is 6.92 Å². The molecule has 1 aromatic rings. The second kappa shape index (κ2) is 8.67. The zero-order valence-corrected chi connectivity index (χ0v) is 15.5. The van der Waals surface area contributed by atoms with Crippen LogP contribution in [-0.4, -0.2) is 78.1 Å². The molecule has 0 aliphatic carbocycles. The van der Waals surface area contributed by atoms with E-state index in [0.717, 1.165) is 65.3 Å². The molecule has 0 radical (unpaired) electrons. The number of nitrogens with one attached hydrogen (secondary N) is 1. The van der Waals surface area contributed by atoms with Gasteiger partial charge in [-0.15, -0.1) is 0 Å². The van der Waals surface area contributed by atoms with Crippen LogP contribution in [0.1, 0.15) is 18.9 Å². The fraction of sp³-hybridized carbons (Fsp3) is 0.778. The summed E-state index contributed by atoms with van der Waals surface area (Å²) in [6.07, 6.45) is 6.07. The molecule has 2 saturated heterocycles. The third kappa shape index (κ3) is 5.44. The van der Waals surface area contributed by atoms with E-state index in [1.165, 1.54) is 5.56 Å². The van der Waals surface area contributed by atoms with Gasteiger partial charge in [0.15, 0.2) is 0 Å². The molecule has 2 amide bonds. The number of hydrogen-bond acceptors (Lipinski definition) is 4. The average molecular weight is 349 g/mol. The predicted molar refractivity (Wildman–Crippen MR) is 96.4 cm³/mol. The fourth-order valence-corrected chi connectivity index (χ4v) is 3.76. The Balaban J connectivity index is 1.35. The largest absolute Gasteiger partial charge is 0.379 e. The van der Waals surface area contributed by atoms with Crippen LogP contribution in [0.2, 0.25) is 0 Å². The van der Waals surface area contributed by atoms with Gasteiger partial charge in [0.1, 0.15) is 0 Å². The summed E-state index contributed by atoms with van der Waals surface area (Å²) in [4.78, 5) is 16.8. The maximum absolute atomic E-state index is 12.4. The number of carbonyl (C=O) groups is 1. The van der Waals surface area contributed by atoms with Crippen molar-refractivity contribution in [2.24, 2.45) is 18.9 Å². The molecule has 2 fully saturated rings. The van der Waals surface area contributed by atoms with Crippen molar-refractivity contribution in [3.05, 3.63) is 18.0 Å². The number of ether oxygens (including phenoxy) is 1. The Labute approximate surface area is 150 Å². The maximum Gasteiger partial charge on any atom is 0.317 e. The summed E-state index contributed by atoms with van der Waals surface area (Å²) in [5, 5.41) is 7.34. The molecule has 2 atom stereocenters. The summed E-state index contributed by atoms with van der Waals surface area (Å²) >= 11 is 0. The first-order valence-corrected chi connectivity index (χ1v) is 9.40. The highest BCUT2D eigenvalue weighted by Gasteiger charge is 2.26. The number of rotatable bonds is 6. The molecule has 7 nitrogen and oxygen atoms in total. The summed E-state index contributed by atoms with van der Waals surface area (Å²) in [5.41, 5.74) is 1.26. The summed E-state index contributed by atoms with van der Waals surface area (Å²) in [5.74, 6) is 0.997. The summed E-state index contributed by atoms with van der Waals surface area (Å²) < 4.78 is 7.22. The zero-order chi connectivity index (χ0) is 17.6. The SMILES string of the molecule is C[C@@H](CNC(=O)N1CC[C@@H](Cc2cnn(C)c2)C1)CN1CCOCC1. The highest BCUT2D eigenvalue weighted by molar-refractivity contribution is 5.74. The lowest BCUT2D eigenvalue weighted by atomic mass is 10.0. The molecule has 2 aliphatic rings. The highest BCUT2D eigenvalue weighted by atomic mass is 16.5. The number of carbonyl (C=O) groups excluding carboxylic acids is 1. The molecular weight excluding hydrogens is 318 g/mol. The van der Waals surface area contributed by atoms with Crippen LogP contribution in [0.3, 0.4) is 0 Å². The maximum atomic E-state index is 12.4. The third-order valence-corrected chi connectivity index (χ3v) is 5.13. The Kier molecular flexibility index (Phi) is 6.31. The summed E-state index contributed by atoms with van der Waals surface area (Å²) in [6, 6.07) is 0.0857. The molecule has 1 aromatic heterocycles. The van der Waals surface area contributed by atoms with Crippen molar-refractivity contribution in [1.29, 1.82) is 0 Å². The lowest BCUT2D eigenvalue weighted by Gasteiger charge is -2.29. The molecule has 7 heteroatoms. The van der Waals surface area contributed by atoms with Crippen LogP contribution in [0, 0.1) is 11.8 Å². The number of likely N-dealkylation sites (tertiary alicyclic amines) is 1. The molecule has 25 heavy (non-hydrogen) atoms. The smallest absolute Gasteiger partial charge is 0.317 e. The number of aromatic nitrogens is 2. The normalized spacial score (nSPS) is 23.0. The predicted octanol–water partition coefficient (Wildman–Crippen LogP) is 0.962. The molecule has 2 aliphatic heterocycles. The van der Waals surface area contributed by atoms with Crippen LogP contribution < -0.4 is 5.32 Å². The Bertz CT molecular complexity index is 555. The van der Waals surface area contributed by atoms with Crippen molar-refractivity contribution in [2.45, 2.75) is 19.8 Å². The monoisotopic (exact) mass is 349 g/mol. The summed E-state index contributed by atoms with van der Waals surface area (Å²) in [6.45, 7) is 9.31. The minimum absolute atomic E-state index is 0.0857. The van der Waals surface area contributed by atoms with Gasteiger partial charge in [0, 0.05) is 52.5 Å². The van der Waals surface area contributed by atoms with Crippen molar-refractivity contribution in [3.63, 3.8) is 0 Å². The van der Waals surface area contributed by atoms with Crippen LogP contribution >= 0.6 is 0 Å². The average Bonchev–Trinajstić information content (AvgIpc) is 3.23. The second-order valence-corrected chi connectivity index (χ2v) is 7.53. The molecule has 3 heterocycles. The molecule has 140 valence electrons. The van der Waals surface area contributed by atoms with Gasteiger partial charge < -0.3 is 15.0 Å². The summed E-state index contributed by atoms with van der Waals surface area (Å²) in [7, 11) is 1.94. The first-order chi connectivity index (χ1) is 12.1. The second-order valence-electron chi connectivity index (χ2n) is 7.53. The van der Waals surface area contributed by atoms with Crippen molar-refractivity contribution in [3.8, 4) is 0 Å². The number of morpholine rings is 1. The number of amides is 2. The van der Waals surface area contributed by atoms with E-state index in [1.807, 2.05) is 22.8 Å². The molecule has 0 spiro atoms. The molecule has 1 N–H and O–H groups in total. The first kappa shape index (κ1) is 18.2. The van der Waals surface area contributed by atoms with E-state index in [1.54, 1.807) is 0 Å². The number of aryl methyl sites for hydroxylation is 1.